The van der Waals surface area contributed by atoms with E-state index in [1.165, 1.54) is 10.6 Å². The van der Waals surface area contributed by atoms with Crippen molar-refractivity contribution in [2.75, 3.05) is 19.8 Å². The molecule has 3 heterocycles. The van der Waals surface area contributed by atoms with Crippen LogP contribution in [0.2, 0.25) is 0 Å². The number of rotatable bonds is 4. The van der Waals surface area contributed by atoms with E-state index in [-0.39, 0.29) is 11.6 Å². The Morgan fingerprint density at radius 1 is 1.52 bits per heavy atom. The normalized spacial score (nSPS) is 22.5. The summed E-state index contributed by atoms with van der Waals surface area (Å²) >= 11 is 0. The van der Waals surface area contributed by atoms with E-state index in [0.29, 0.717) is 31.1 Å². The second kappa shape index (κ2) is 5.59. The number of fused-ring (bicyclic) bond motifs is 1. The second-order valence-corrected chi connectivity index (χ2v) is 5.45. The average Bonchev–Trinajstić information content (AvgIpc) is 3.02. The first-order valence-corrected chi connectivity index (χ1v) is 7.16. The summed E-state index contributed by atoms with van der Waals surface area (Å²) < 4.78 is 6.74. The molecule has 0 aliphatic carbocycles. The lowest BCUT2D eigenvalue weighted by Gasteiger charge is -2.28. The van der Waals surface area contributed by atoms with Crippen LogP contribution in [0.3, 0.4) is 0 Å². The predicted octanol–water partition coefficient (Wildman–Crippen LogP) is -0.0874. The molecule has 7 heteroatoms. The van der Waals surface area contributed by atoms with Gasteiger partial charge in [-0.1, -0.05) is 6.92 Å². The van der Waals surface area contributed by atoms with Gasteiger partial charge in [-0.15, -0.1) is 0 Å². The van der Waals surface area contributed by atoms with Gasteiger partial charge in [0.15, 0.2) is 5.65 Å². The van der Waals surface area contributed by atoms with Gasteiger partial charge in [0.2, 0.25) is 0 Å². The third kappa shape index (κ3) is 2.72. The predicted molar refractivity (Wildman–Crippen MR) is 77.2 cm³/mol. The van der Waals surface area contributed by atoms with Crippen molar-refractivity contribution in [3.63, 3.8) is 0 Å². The van der Waals surface area contributed by atoms with Gasteiger partial charge >= 0.3 is 0 Å². The lowest BCUT2D eigenvalue weighted by atomic mass is 10.1. The Bertz CT molecular complexity index is 693. The summed E-state index contributed by atoms with van der Waals surface area (Å²) in [5.41, 5.74) is 2.10. The van der Waals surface area contributed by atoms with E-state index in [9.17, 15) is 9.90 Å². The highest BCUT2D eigenvalue weighted by Crippen LogP contribution is 2.15. The number of aromatic nitrogens is 3. The van der Waals surface area contributed by atoms with Crippen LogP contribution < -0.4 is 5.56 Å². The third-order valence-corrected chi connectivity index (χ3v) is 3.89. The van der Waals surface area contributed by atoms with Crippen LogP contribution in [0.1, 0.15) is 18.3 Å². The van der Waals surface area contributed by atoms with Gasteiger partial charge in [-0.2, -0.15) is 0 Å². The van der Waals surface area contributed by atoms with Crippen LogP contribution in [0.25, 0.3) is 5.65 Å². The number of aryl methyl sites for hydroxylation is 1. The molecule has 1 aliphatic heterocycles. The van der Waals surface area contributed by atoms with Crippen molar-refractivity contribution in [2.24, 2.45) is 0 Å². The molecule has 2 atom stereocenters. The molecule has 114 valence electrons. The van der Waals surface area contributed by atoms with Gasteiger partial charge < -0.3 is 9.84 Å². The third-order valence-electron chi connectivity index (χ3n) is 3.89. The maximum Gasteiger partial charge on any atom is 0.272 e. The van der Waals surface area contributed by atoms with Crippen LogP contribution >= 0.6 is 0 Å². The SMILES string of the molecule is CCN(Cc1cc(=O)n2[nH]c(C)cc2n1)[C@@H]1COC[C@H]1O. The fraction of sp³-hybridized carbons (Fsp3) is 0.571. The van der Waals surface area contributed by atoms with Crippen LogP contribution in [0.4, 0.5) is 0 Å². The minimum absolute atomic E-state index is 0.0387. The lowest BCUT2D eigenvalue weighted by Crippen LogP contribution is -2.42. The molecule has 2 N–H and O–H groups in total. The van der Waals surface area contributed by atoms with Crippen molar-refractivity contribution in [3.8, 4) is 0 Å². The molecule has 21 heavy (non-hydrogen) atoms. The minimum Gasteiger partial charge on any atom is -0.389 e. The molecule has 2 aromatic rings. The van der Waals surface area contributed by atoms with Gasteiger partial charge in [0.05, 0.1) is 31.1 Å². The van der Waals surface area contributed by atoms with Crippen LogP contribution in [0, 0.1) is 6.92 Å². The Balaban J connectivity index is 1.87. The first kappa shape index (κ1) is 14.2. The van der Waals surface area contributed by atoms with E-state index in [4.69, 9.17) is 4.74 Å². The summed E-state index contributed by atoms with van der Waals surface area (Å²) in [6.07, 6.45) is -0.482. The Morgan fingerprint density at radius 3 is 3.00 bits per heavy atom. The highest BCUT2D eigenvalue weighted by Gasteiger charge is 2.31. The number of H-pyrrole nitrogens is 1. The first-order valence-electron chi connectivity index (χ1n) is 7.16. The van der Waals surface area contributed by atoms with E-state index in [0.717, 1.165) is 12.2 Å². The zero-order chi connectivity index (χ0) is 15.0. The first-order chi connectivity index (χ1) is 10.1. The molecule has 7 nitrogen and oxygen atoms in total. The number of nitrogens with zero attached hydrogens (tertiary/aromatic N) is 3. The van der Waals surface area contributed by atoms with Crippen LogP contribution in [-0.4, -0.2) is 56.5 Å². The molecule has 0 aromatic carbocycles. The highest BCUT2D eigenvalue weighted by molar-refractivity contribution is 5.39. The maximum atomic E-state index is 12.1. The van der Waals surface area contributed by atoms with Crippen LogP contribution in [0.15, 0.2) is 16.9 Å². The molecule has 1 aliphatic rings. The summed E-state index contributed by atoms with van der Waals surface area (Å²) in [6, 6.07) is 3.34. The largest absolute Gasteiger partial charge is 0.389 e. The molecular weight excluding hydrogens is 272 g/mol. The topological polar surface area (TPSA) is 82.9 Å². The molecule has 1 fully saturated rings. The van der Waals surface area contributed by atoms with Gasteiger partial charge in [0, 0.05) is 24.4 Å². The van der Waals surface area contributed by atoms with Crippen LogP contribution in [0.5, 0.6) is 0 Å². The van der Waals surface area contributed by atoms with E-state index in [1.54, 1.807) is 0 Å². The highest BCUT2D eigenvalue weighted by atomic mass is 16.5. The van der Waals surface area contributed by atoms with Gasteiger partial charge in [0.25, 0.3) is 5.56 Å². The standard InChI is InChI=1S/C14H20N4O3/c1-3-17(11-7-21-8-12(11)19)6-10-5-14(20)18-13(15-10)4-9(2)16-18/h4-5,11-12,16,19H,3,6-8H2,1-2H3/t11-,12-/m1/s1. The smallest absolute Gasteiger partial charge is 0.272 e. The summed E-state index contributed by atoms with van der Waals surface area (Å²) in [5, 5.41) is 12.9. The number of aliphatic hydroxyl groups excluding tert-OH is 1. The molecule has 0 spiro atoms. The number of nitrogens with one attached hydrogen (secondary N) is 1. The zero-order valence-corrected chi connectivity index (χ0v) is 12.2. The lowest BCUT2D eigenvalue weighted by molar-refractivity contribution is 0.0801. The Hall–Kier alpha value is -1.70. The average molecular weight is 292 g/mol. The van der Waals surface area contributed by atoms with Crippen molar-refractivity contribution >= 4 is 5.65 Å². The van der Waals surface area contributed by atoms with Crippen molar-refractivity contribution in [1.82, 2.24) is 19.5 Å². The molecule has 0 saturated carbocycles. The number of ether oxygens (including phenoxy) is 1. The van der Waals surface area contributed by atoms with E-state index in [1.807, 2.05) is 19.9 Å². The number of aromatic amines is 1. The Kier molecular flexibility index (Phi) is 3.79. The minimum atomic E-state index is -0.482. The van der Waals surface area contributed by atoms with E-state index >= 15 is 0 Å². The van der Waals surface area contributed by atoms with Crippen molar-refractivity contribution in [1.29, 1.82) is 0 Å². The molecule has 1 saturated heterocycles. The number of hydrogen-bond acceptors (Lipinski definition) is 5. The van der Waals surface area contributed by atoms with E-state index in [2.05, 4.69) is 15.0 Å². The Labute approximate surface area is 122 Å². The maximum absolute atomic E-state index is 12.1. The number of likely N-dealkylation sites (N-methyl/N-ethyl adjacent to an activating group) is 1. The summed E-state index contributed by atoms with van der Waals surface area (Å²) in [7, 11) is 0. The molecule has 2 aromatic heterocycles. The second-order valence-electron chi connectivity index (χ2n) is 5.45. The molecule has 0 unspecified atom stereocenters. The number of aliphatic hydroxyl groups is 1. The fourth-order valence-corrected chi connectivity index (χ4v) is 2.79. The van der Waals surface area contributed by atoms with Gasteiger partial charge in [-0.05, 0) is 13.5 Å². The molecule has 0 amide bonds. The molecular formula is C14H20N4O3. The zero-order valence-electron chi connectivity index (χ0n) is 12.2. The Morgan fingerprint density at radius 2 is 2.33 bits per heavy atom. The van der Waals surface area contributed by atoms with Crippen molar-refractivity contribution in [3.05, 3.63) is 33.9 Å². The summed E-state index contributed by atoms with van der Waals surface area (Å²) in [6.45, 7) is 6.08. The summed E-state index contributed by atoms with van der Waals surface area (Å²) in [4.78, 5) is 18.7. The van der Waals surface area contributed by atoms with Gasteiger partial charge in [0.1, 0.15) is 0 Å². The quantitative estimate of drug-likeness (QED) is 0.823. The van der Waals surface area contributed by atoms with Crippen molar-refractivity contribution in [2.45, 2.75) is 32.5 Å². The van der Waals surface area contributed by atoms with Crippen molar-refractivity contribution < 1.29 is 9.84 Å². The van der Waals surface area contributed by atoms with Gasteiger partial charge in [-0.3, -0.25) is 14.8 Å². The molecule has 3 rings (SSSR count). The molecule has 0 bridgehead atoms. The van der Waals surface area contributed by atoms with Crippen LogP contribution in [-0.2, 0) is 11.3 Å². The van der Waals surface area contributed by atoms with E-state index < -0.39 is 6.10 Å². The summed E-state index contributed by atoms with van der Waals surface area (Å²) in [5.74, 6) is 0. The monoisotopic (exact) mass is 292 g/mol. The van der Waals surface area contributed by atoms with Gasteiger partial charge in [-0.25, -0.2) is 9.50 Å². The molecule has 0 radical (unpaired) electrons. The number of hydrogen-bond donors (Lipinski definition) is 2. The fourth-order valence-electron chi connectivity index (χ4n) is 2.79.